The van der Waals surface area contributed by atoms with E-state index in [0.717, 1.165) is 47.1 Å². The Hall–Kier alpha value is -1.92. The molecule has 1 aliphatic heterocycles. The van der Waals surface area contributed by atoms with Crippen molar-refractivity contribution in [3.8, 4) is 10.6 Å². The van der Waals surface area contributed by atoms with Gasteiger partial charge < -0.3 is 15.8 Å². The van der Waals surface area contributed by atoms with Crippen molar-refractivity contribution < 1.29 is 4.74 Å². The number of nitrogens with one attached hydrogen (secondary N) is 1. The minimum atomic E-state index is 0.263. The Kier molecular flexibility index (Phi) is 5.25. The van der Waals surface area contributed by atoms with Gasteiger partial charge in [-0.05, 0) is 19.8 Å². The Morgan fingerprint density at radius 2 is 2.26 bits per heavy atom. The van der Waals surface area contributed by atoms with Crippen LogP contribution >= 0.6 is 11.3 Å². The third-order valence-electron chi connectivity index (χ3n) is 3.84. The summed E-state index contributed by atoms with van der Waals surface area (Å²) in [7, 11) is 0. The average Bonchev–Trinajstić information content (AvgIpc) is 3.21. The van der Waals surface area contributed by atoms with Crippen LogP contribution in [0.2, 0.25) is 0 Å². The standard InChI is InChI=1S/C17H22N4OS/c1-12-15(23-16(21-12)13-6-3-2-4-7-13)11-20-17(18)19-10-14-8-5-9-22-14/h2-4,6-7,14H,5,8-11H2,1H3,(H3,18,19,20). The zero-order chi connectivity index (χ0) is 16.1. The van der Waals surface area contributed by atoms with E-state index in [0.29, 0.717) is 12.5 Å². The van der Waals surface area contributed by atoms with Crippen molar-refractivity contribution in [2.75, 3.05) is 13.2 Å². The summed E-state index contributed by atoms with van der Waals surface area (Å²) in [6.45, 7) is 4.16. The minimum Gasteiger partial charge on any atom is -0.376 e. The first kappa shape index (κ1) is 16.0. The van der Waals surface area contributed by atoms with Crippen LogP contribution in [0, 0.1) is 6.92 Å². The van der Waals surface area contributed by atoms with E-state index < -0.39 is 0 Å². The molecular weight excluding hydrogens is 308 g/mol. The normalized spacial score (nSPS) is 18.3. The van der Waals surface area contributed by atoms with Crippen LogP contribution in [0.3, 0.4) is 0 Å². The molecule has 0 saturated carbocycles. The van der Waals surface area contributed by atoms with E-state index in [1.807, 2.05) is 25.1 Å². The summed E-state index contributed by atoms with van der Waals surface area (Å²) in [5.41, 5.74) is 8.09. The lowest BCUT2D eigenvalue weighted by Gasteiger charge is -2.10. The summed E-state index contributed by atoms with van der Waals surface area (Å²) >= 11 is 1.67. The number of aromatic nitrogens is 1. The maximum atomic E-state index is 5.94. The topological polar surface area (TPSA) is 72.5 Å². The van der Waals surface area contributed by atoms with Crippen molar-refractivity contribution >= 4 is 17.3 Å². The second-order valence-corrected chi connectivity index (χ2v) is 6.69. The molecule has 3 N–H and O–H groups in total. The monoisotopic (exact) mass is 330 g/mol. The Labute approximate surface area is 140 Å². The van der Waals surface area contributed by atoms with E-state index in [1.54, 1.807) is 11.3 Å². The lowest BCUT2D eigenvalue weighted by molar-refractivity contribution is 0.114. The van der Waals surface area contributed by atoms with Crippen molar-refractivity contribution in [3.05, 3.63) is 40.9 Å². The molecule has 0 bridgehead atoms. The van der Waals surface area contributed by atoms with E-state index >= 15 is 0 Å². The number of hydrogen-bond donors (Lipinski definition) is 2. The Morgan fingerprint density at radius 3 is 3.00 bits per heavy atom. The molecule has 0 spiro atoms. The first-order valence-corrected chi connectivity index (χ1v) is 8.71. The van der Waals surface area contributed by atoms with Gasteiger partial charge in [0.1, 0.15) is 5.01 Å². The van der Waals surface area contributed by atoms with Gasteiger partial charge in [0, 0.05) is 23.6 Å². The summed E-state index contributed by atoms with van der Waals surface area (Å²) in [6.07, 6.45) is 2.49. The SMILES string of the molecule is Cc1nc(-c2ccccc2)sc1CN=C(N)NCC1CCCO1. The average molecular weight is 330 g/mol. The predicted molar refractivity (Wildman–Crippen MR) is 94.6 cm³/mol. The molecule has 1 fully saturated rings. The van der Waals surface area contributed by atoms with Gasteiger partial charge >= 0.3 is 0 Å². The molecule has 0 aliphatic carbocycles. The minimum absolute atomic E-state index is 0.263. The van der Waals surface area contributed by atoms with E-state index in [9.17, 15) is 0 Å². The molecule has 0 amide bonds. The third-order valence-corrected chi connectivity index (χ3v) is 5.03. The third kappa shape index (κ3) is 4.30. The van der Waals surface area contributed by atoms with Gasteiger partial charge in [0.05, 0.1) is 18.3 Å². The van der Waals surface area contributed by atoms with Crippen LogP contribution in [-0.2, 0) is 11.3 Å². The van der Waals surface area contributed by atoms with E-state index in [4.69, 9.17) is 10.5 Å². The van der Waals surface area contributed by atoms with Gasteiger partial charge in [-0.3, -0.25) is 0 Å². The number of ether oxygens (including phenoxy) is 1. The molecule has 1 unspecified atom stereocenters. The highest BCUT2D eigenvalue weighted by molar-refractivity contribution is 7.15. The summed E-state index contributed by atoms with van der Waals surface area (Å²) < 4.78 is 5.56. The lowest BCUT2D eigenvalue weighted by Crippen LogP contribution is -2.37. The van der Waals surface area contributed by atoms with Crippen LogP contribution in [0.5, 0.6) is 0 Å². The maximum Gasteiger partial charge on any atom is 0.189 e. The number of nitrogens with two attached hydrogens (primary N) is 1. The van der Waals surface area contributed by atoms with E-state index in [-0.39, 0.29) is 6.10 Å². The molecule has 122 valence electrons. The second kappa shape index (κ2) is 7.57. The molecule has 1 aromatic carbocycles. The number of nitrogens with zero attached hydrogens (tertiary/aromatic N) is 2. The molecule has 1 aliphatic rings. The molecule has 0 radical (unpaired) electrons. The lowest BCUT2D eigenvalue weighted by atomic mass is 10.2. The summed E-state index contributed by atoms with van der Waals surface area (Å²) in [4.78, 5) is 10.2. The van der Waals surface area contributed by atoms with Crippen LogP contribution in [0.4, 0.5) is 0 Å². The molecule has 2 heterocycles. The van der Waals surface area contributed by atoms with Crippen molar-refractivity contribution in [1.82, 2.24) is 10.3 Å². The highest BCUT2D eigenvalue weighted by Crippen LogP contribution is 2.28. The zero-order valence-electron chi connectivity index (χ0n) is 13.3. The van der Waals surface area contributed by atoms with Crippen LogP contribution < -0.4 is 11.1 Å². The number of aryl methyl sites for hydroxylation is 1. The Bertz CT molecular complexity index is 662. The summed E-state index contributed by atoms with van der Waals surface area (Å²) in [5, 5.41) is 4.17. The van der Waals surface area contributed by atoms with E-state index in [1.165, 1.54) is 0 Å². The number of rotatable bonds is 5. The van der Waals surface area contributed by atoms with Crippen molar-refractivity contribution in [2.24, 2.45) is 10.7 Å². The molecule has 1 aromatic heterocycles. The molecule has 1 saturated heterocycles. The highest BCUT2D eigenvalue weighted by atomic mass is 32.1. The van der Waals surface area contributed by atoms with Gasteiger partial charge in [-0.25, -0.2) is 9.98 Å². The second-order valence-electron chi connectivity index (χ2n) is 5.61. The molecule has 23 heavy (non-hydrogen) atoms. The Morgan fingerprint density at radius 1 is 1.43 bits per heavy atom. The van der Waals surface area contributed by atoms with Gasteiger partial charge in [0.25, 0.3) is 0 Å². The first-order chi connectivity index (χ1) is 11.2. The van der Waals surface area contributed by atoms with Crippen molar-refractivity contribution in [3.63, 3.8) is 0 Å². The molecule has 3 rings (SSSR count). The predicted octanol–water partition coefficient (Wildman–Crippen LogP) is 2.70. The van der Waals surface area contributed by atoms with Gasteiger partial charge in [-0.1, -0.05) is 30.3 Å². The van der Waals surface area contributed by atoms with E-state index in [2.05, 4.69) is 27.4 Å². The van der Waals surface area contributed by atoms with Gasteiger partial charge in [-0.2, -0.15) is 0 Å². The molecule has 5 nitrogen and oxygen atoms in total. The number of guanidine groups is 1. The maximum absolute atomic E-state index is 5.94. The quantitative estimate of drug-likeness (QED) is 0.653. The number of hydrogen-bond acceptors (Lipinski definition) is 4. The fraction of sp³-hybridized carbons (Fsp3) is 0.412. The zero-order valence-corrected chi connectivity index (χ0v) is 14.1. The first-order valence-electron chi connectivity index (χ1n) is 7.89. The summed E-state index contributed by atoms with van der Waals surface area (Å²) in [6, 6.07) is 10.2. The van der Waals surface area contributed by atoms with Gasteiger partial charge in [0.2, 0.25) is 0 Å². The van der Waals surface area contributed by atoms with Crippen molar-refractivity contribution in [2.45, 2.75) is 32.4 Å². The fourth-order valence-corrected chi connectivity index (χ4v) is 3.51. The largest absolute Gasteiger partial charge is 0.376 e. The number of aliphatic imine (C=N–C) groups is 1. The Balaban J connectivity index is 1.59. The fourth-order valence-electron chi connectivity index (χ4n) is 2.52. The smallest absolute Gasteiger partial charge is 0.189 e. The number of thiazole rings is 1. The van der Waals surface area contributed by atoms with Crippen LogP contribution in [-0.4, -0.2) is 30.2 Å². The molecule has 1 atom stereocenters. The van der Waals surface area contributed by atoms with Crippen LogP contribution in [0.1, 0.15) is 23.4 Å². The summed E-state index contributed by atoms with van der Waals surface area (Å²) in [5.74, 6) is 0.467. The molecular formula is C17H22N4OS. The van der Waals surface area contributed by atoms with Crippen LogP contribution in [0.25, 0.3) is 10.6 Å². The highest BCUT2D eigenvalue weighted by Gasteiger charge is 2.15. The van der Waals surface area contributed by atoms with Gasteiger partial charge in [-0.15, -0.1) is 11.3 Å². The van der Waals surface area contributed by atoms with Crippen LogP contribution in [0.15, 0.2) is 35.3 Å². The van der Waals surface area contributed by atoms with Gasteiger partial charge in [0.15, 0.2) is 5.96 Å². The molecule has 2 aromatic rings. The molecule has 6 heteroatoms. The number of benzene rings is 1. The van der Waals surface area contributed by atoms with Crippen molar-refractivity contribution in [1.29, 1.82) is 0 Å².